The molecule has 2 aliphatic rings. The number of hydrogen-bond acceptors (Lipinski definition) is 2. The zero-order valence-corrected chi connectivity index (χ0v) is 13.4. The average molecular weight is 277 g/mol. The van der Waals surface area contributed by atoms with Gasteiger partial charge in [0.15, 0.2) is 0 Å². The number of rotatable bonds is 3. The van der Waals surface area contributed by atoms with Crippen molar-refractivity contribution in [3.05, 3.63) is 21.4 Å². The summed E-state index contributed by atoms with van der Waals surface area (Å²) in [4.78, 5) is 3.23. The van der Waals surface area contributed by atoms with Crippen LogP contribution < -0.4 is 5.32 Å². The monoisotopic (exact) mass is 277 g/mol. The second kappa shape index (κ2) is 5.21. The fourth-order valence-electron chi connectivity index (χ4n) is 3.74. The van der Waals surface area contributed by atoms with Crippen LogP contribution in [0, 0.1) is 5.41 Å². The Balaban J connectivity index is 1.64. The van der Waals surface area contributed by atoms with Gasteiger partial charge in [-0.25, -0.2) is 0 Å². The Kier molecular flexibility index (Phi) is 3.74. The van der Waals surface area contributed by atoms with Crippen LogP contribution in [0.4, 0.5) is 0 Å². The van der Waals surface area contributed by atoms with Crippen LogP contribution >= 0.6 is 11.3 Å². The van der Waals surface area contributed by atoms with E-state index >= 15 is 0 Å². The summed E-state index contributed by atoms with van der Waals surface area (Å²) in [5.74, 6) is 0. The zero-order valence-electron chi connectivity index (χ0n) is 12.6. The van der Waals surface area contributed by atoms with Crippen LogP contribution in [0.5, 0.6) is 0 Å². The molecule has 19 heavy (non-hydrogen) atoms. The largest absolute Gasteiger partial charge is 0.307 e. The highest BCUT2D eigenvalue weighted by Gasteiger charge is 2.31. The van der Waals surface area contributed by atoms with E-state index in [0.717, 1.165) is 6.04 Å². The van der Waals surface area contributed by atoms with Crippen molar-refractivity contribution in [2.45, 2.75) is 77.8 Å². The number of nitrogens with one attached hydrogen (secondary N) is 1. The lowest BCUT2D eigenvalue weighted by Gasteiger charge is -2.21. The van der Waals surface area contributed by atoms with Gasteiger partial charge in [-0.1, -0.05) is 13.8 Å². The van der Waals surface area contributed by atoms with E-state index in [9.17, 15) is 0 Å². The van der Waals surface area contributed by atoms with Gasteiger partial charge < -0.3 is 5.32 Å². The van der Waals surface area contributed by atoms with Crippen molar-refractivity contribution in [3.8, 4) is 0 Å². The minimum absolute atomic E-state index is 0.537. The van der Waals surface area contributed by atoms with Crippen LogP contribution in [0.25, 0.3) is 0 Å². The van der Waals surface area contributed by atoms with Gasteiger partial charge in [-0.05, 0) is 68.9 Å². The predicted octanol–water partition coefficient (Wildman–Crippen LogP) is 4.86. The van der Waals surface area contributed by atoms with E-state index in [1.54, 1.807) is 15.3 Å². The summed E-state index contributed by atoms with van der Waals surface area (Å²) in [5, 5.41) is 3.87. The molecule has 1 N–H and O–H groups in total. The van der Waals surface area contributed by atoms with Gasteiger partial charge in [-0.15, -0.1) is 11.3 Å². The molecule has 1 heterocycles. The second-order valence-electron chi connectivity index (χ2n) is 7.30. The van der Waals surface area contributed by atoms with Crippen molar-refractivity contribution < 1.29 is 0 Å². The maximum atomic E-state index is 3.87. The summed E-state index contributed by atoms with van der Waals surface area (Å²) < 4.78 is 0. The number of hydrogen-bond donors (Lipinski definition) is 1. The minimum atomic E-state index is 0.537. The molecule has 0 radical (unpaired) electrons. The standard InChI is InChI=1S/C17H27NS/c1-12(18-14-8-9-17(2,3)11-14)16-10-13-6-4-5-7-15(13)19-16/h10,12,14,18H,4-9,11H2,1-3H3. The molecule has 2 atom stereocenters. The first kappa shape index (κ1) is 13.6. The number of thiophene rings is 1. The van der Waals surface area contributed by atoms with Gasteiger partial charge >= 0.3 is 0 Å². The van der Waals surface area contributed by atoms with E-state index < -0.39 is 0 Å². The molecule has 0 aliphatic heterocycles. The molecule has 2 unspecified atom stereocenters. The SMILES string of the molecule is CC(NC1CCC(C)(C)C1)c1cc2c(s1)CCCC2. The highest BCUT2D eigenvalue weighted by atomic mass is 32.1. The second-order valence-corrected chi connectivity index (χ2v) is 8.46. The van der Waals surface area contributed by atoms with Crippen LogP contribution in [0.2, 0.25) is 0 Å². The number of fused-ring (bicyclic) bond motifs is 1. The molecule has 1 fully saturated rings. The predicted molar refractivity (Wildman–Crippen MR) is 83.9 cm³/mol. The fraction of sp³-hybridized carbons (Fsp3) is 0.765. The molecular formula is C17H27NS. The Morgan fingerprint density at radius 2 is 2.11 bits per heavy atom. The molecule has 2 aliphatic carbocycles. The molecular weight excluding hydrogens is 250 g/mol. The van der Waals surface area contributed by atoms with Crippen LogP contribution in [-0.2, 0) is 12.8 Å². The van der Waals surface area contributed by atoms with Gasteiger partial charge in [0.2, 0.25) is 0 Å². The van der Waals surface area contributed by atoms with E-state index in [4.69, 9.17) is 0 Å². The molecule has 1 aromatic rings. The van der Waals surface area contributed by atoms with Gasteiger partial charge in [-0.2, -0.15) is 0 Å². The molecule has 3 rings (SSSR count). The van der Waals surface area contributed by atoms with E-state index in [2.05, 4.69) is 43.5 Å². The smallest absolute Gasteiger partial charge is 0.0388 e. The lowest BCUT2D eigenvalue weighted by atomic mass is 9.92. The number of aryl methyl sites for hydroxylation is 2. The Morgan fingerprint density at radius 1 is 1.32 bits per heavy atom. The summed E-state index contributed by atoms with van der Waals surface area (Å²) in [6.07, 6.45) is 9.48. The Bertz CT molecular complexity index is 423. The third-order valence-corrected chi connectivity index (χ3v) is 6.32. The Hall–Kier alpha value is -0.340. The van der Waals surface area contributed by atoms with Gasteiger partial charge in [0.1, 0.15) is 0 Å². The first-order chi connectivity index (χ1) is 9.03. The highest BCUT2D eigenvalue weighted by Crippen LogP contribution is 2.39. The fourth-order valence-corrected chi connectivity index (χ4v) is 5.01. The lowest BCUT2D eigenvalue weighted by Crippen LogP contribution is -2.29. The van der Waals surface area contributed by atoms with Gasteiger partial charge in [0.05, 0.1) is 0 Å². The summed E-state index contributed by atoms with van der Waals surface area (Å²) in [7, 11) is 0. The van der Waals surface area contributed by atoms with Crippen molar-refractivity contribution in [1.29, 1.82) is 0 Å². The van der Waals surface area contributed by atoms with E-state index in [-0.39, 0.29) is 0 Å². The van der Waals surface area contributed by atoms with Crippen molar-refractivity contribution in [2.24, 2.45) is 5.41 Å². The Morgan fingerprint density at radius 3 is 2.79 bits per heavy atom. The van der Waals surface area contributed by atoms with Crippen LogP contribution in [-0.4, -0.2) is 6.04 Å². The molecule has 1 saturated carbocycles. The third kappa shape index (κ3) is 3.05. The lowest BCUT2D eigenvalue weighted by molar-refractivity contribution is 0.357. The molecule has 0 saturated heterocycles. The van der Waals surface area contributed by atoms with E-state index in [1.807, 2.05) is 0 Å². The van der Waals surface area contributed by atoms with Gasteiger partial charge in [-0.3, -0.25) is 0 Å². The summed E-state index contributed by atoms with van der Waals surface area (Å²) in [6.45, 7) is 7.16. The highest BCUT2D eigenvalue weighted by molar-refractivity contribution is 7.12. The molecule has 0 aromatic carbocycles. The Labute approximate surface area is 121 Å². The van der Waals surface area contributed by atoms with Gasteiger partial charge in [0, 0.05) is 21.8 Å². The summed E-state index contributed by atoms with van der Waals surface area (Å²) in [6, 6.07) is 3.75. The van der Waals surface area contributed by atoms with Crippen LogP contribution in [0.3, 0.4) is 0 Å². The summed E-state index contributed by atoms with van der Waals surface area (Å²) >= 11 is 2.06. The van der Waals surface area contributed by atoms with Crippen LogP contribution in [0.1, 0.15) is 74.2 Å². The van der Waals surface area contributed by atoms with Crippen molar-refractivity contribution in [3.63, 3.8) is 0 Å². The minimum Gasteiger partial charge on any atom is -0.307 e. The quantitative estimate of drug-likeness (QED) is 0.832. The zero-order chi connectivity index (χ0) is 13.5. The van der Waals surface area contributed by atoms with Crippen molar-refractivity contribution in [2.75, 3.05) is 0 Å². The van der Waals surface area contributed by atoms with Crippen molar-refractivity contribution in [1.82, 2.24) is 5.32 Å². The molecule has 106 valence electrons. The topological polar surface area (TPSA) is 12.0 Å². The van der Waals surface area contributed by atoms with Crippen LogP contribution in [0.15, 0.2) is 6.07 Å². The maximum absolute atomic E-state index is 3.87. The normalized spacial score (nSPS) is 27.2. The molecule has 0 amide bonds. The molecule has 1 nitrogen and oxygen atoms in total. The molecule has 0 spiro atoms. The molecule has 0 bridgehead atoms. The van der Waals surface area contributed by atoms with Crippen molar-refractivity contribution >= 4 is 11.3 Å². The van der Waals surface area contributed by atoms with E-state index in [1.165, 1.54) is 44.9 Å². The maximum Gasteiger partial charge on any atom is 0.0388 e. The first-order valence-electron chi connectivity index (χ1n) is 7.91. The van der Waals surface area contributed by atoms with E-state index in [0.29, 0.717) is 11.5 Å². The van der Waals surface area contributed by atoms with Gasteiger partial charge in [0.25, 0.3) is 0 Å². The average Bonchev–Trinajstić information content (AvgIpc) is 2.92. The summed E-state index contributed by atoms with van der Waals surface area (Å²) in [5.41, 5.74) is 2.19. The third-order valence-electron chi connectivity index (χ3n) is 4.90. The molecule has 1 aromatic heterocycles. The first-order valence-corrected chi connectivity index (χ1v) is 8.73. The molecule has 2 heteroatoms.